The third-order valence-corrected chi connectivity index (χ3v) is 3.35. The quantitative estimate of drug-likeness (QED) is 0.837. The number of benzene rings is 1. The van der Waals surface area contributed by atoms with E-state index < -0.39 is 30.6 Å². The second kappa shape index (κ2) is 6.48. The summed E-state index contributed by atoms with van der Waals surface area (Å²) in [6.45, 7) is 1.63. The first-order valence-corrected chi connectivity index (χ1v) is 6.50. The summed E-state index contributed by atoms with van der Waals surface area (Å²) in [6, 6.07) is 2.93. The van der Waals surface area contributed by atoms with Gasteiger partial charge in [0.05, 0.1) is 6.04 Å². The Labute approximate surface area is 119 Å². The third-order valence-electron chi connectivity index (χ3n) is 3.35. The average Bonchev–Trinajstić information content (AvgIpc) is 2.43. The molecule has 4 nitrogen and oxygen atoms in total. The van der Waals surface area contributed by atoms with E-state index in [1.165, 1.54) is 12.1 Å². The van der Waals surface area contributed by atoms with Crippen LogP contribution in [0.1, 0.15) is 11.6 Å². The molecule has 0 saturated carbocycles. The van der Waals surface area contributed by atoms with Gasteiger partial charge in [-0.2, -0.15) is 0 Å². The molecule has 1 aromatic rings. The van der Waals surface area contributed by atoms with Gasteiger partial charge < -0.3 is 15.2 Å². The van der Waals surface area contributed by atoms with Gasteiger partial charge in [-0.1, -0.05) is 12.1 Å². The van der Waals surface area contributed by atoms with Crippen LogP contribution in [0.2, 0.25) is 0 Å². The maximum atomic E-state index is 13.3. The highest BCUT2D eigenvalue weighted by Gasteiger charge is 2.34. The van der Waals surface area contributed by atoms with Crippen LogP contribution in [0.5, 0.6) is 11.5 Å². The summed E-state index contributed by atoms with van der Waals surface area (Å²) in [6.07, 6.45) is -4.91. The van der Waals surface area contributed by atoms with Crippen molar-refractivity contribution in [1.29, 1.82) is 0 Å². The maximum absolute atomic E-state index is 13.3. The minimum Gasteiger partial charge on any atom is -0.504 e. The molecule has 1 heterocycles. The number of hydrogen-bond donors (Lipinski definition) is 2. The van der Waals surface area contributed by atoms with Gasteiger partial charge in [0, 0.05) is 31.7 Å². The molecule has 0 unspecified atom stereocenters. The van der Waals surface area contributed by atoms with Crippen LogP contribution in [0.15, 0.2) is 18.2 Å². The van der Waals surface area contributed by atoms with Gasteiger partial charge >= 0.3 is 6.36 Å². The van der Waals surface area contributed by atoms with E-state index in [2.05, 4.69) is 10.1 Å². The van der Waals surface area contributed by atoms with Crippen molar-refractivity contribution >= 4 is 0 Å². The molecule has 1 atom stereocenters. The van der Waals surface area contributed by atoms with Crippen LogP contribution >= 0.6 is 0 Å². The van der Waals surface area contributed by atoms with E-state index in [0.717, 1.165) is 6.07 Å². The monoisotopic (exact) mass is 308 g/mol. The van der Waals surface area contributed by atoms with Crippen LogP contribution in [0.3, 0.4) is 0 Å². The Bertz CT molecular complexity index is 476. The van der Waals surface area contributed by atoms with Gasteiger partial charge in [-0.05, 0) is 6.07 Å². The van der Waals surface area contributed by atoms with Crippen LogP contribution in [0.4, 0.5) is 17.6 Å². The maximum Gasteiger partial charge on any atom is 0.573 e. The molecule has 8 heteroatoms. The van der Waals surface area contributed by atoms with E-state index in [9.17, 15) is 22.7 Å². The van der Waals surface area contributed by atoms with Gasteiger partial charge in [-0.25, -0.2) is 4.39 Å². The summed E-state index contributed by atoms with van der Waals surface area (Å²) in [5.74, 6) is -1.38. The van der Waals surface area contributed by atoms with E-state index >= 15 is 0 Å². The number of para-hydroxylation sites is 1. The number of hydrogen-bond acceptors (Lipinski definition) is 4. The Kier molecular flexibility index (Phi) is 4.89. The molecule has 2 rings (SSSR count). The topological polar surface area (TPSA) is 44.7 Å². The molecular weight excluding hydrogens is 292 g/mol. The number of phenolic OH excluding ortho intramolecular Hbond substituents is 1. The second-order valence-electron chi connectivity index (χ2n) is 4.70. The summed E-state index contributed by atoms with van der Waals surface area (Å²) in [4.78, 5) is 1.78. The highest BCUT2D eigenvalue weighted by molar-refractivity contribution is 5.47. The number of ether oxygens (including phenoxy) is 1. The van der Waals surface area contributed by atoms with Crippen molar-refractivity contribution in [2.24, 2.45) is 0 Å². The SMILES string of the molecule is Oc1c(OC(F)(F)F)cccc1[C@@H](CF)N1CCNCC1. The molecular formula is C13H16F4N2O2. The molecule has 2 N–H and O–H groups in total. The molecule has 0 aliphatic carbocycles. The summed E-state index contributed by atoms with van der Waals surface area (Å²) in [5, 5.41) is 13.1. The van der Waals surface area contributed by atoms with Gasteiger partial charge in [0.25, 0.3) is 0 Å². The zero-order valence-electron chi connectivity index (χ0n) is 11.2. The number of halogens is 4. The molecule has 0 aromatic heterocycles. The first-order chi connectivity index (χ1) is 9.92. The minimum absolute atomic E-state index is 0.0983. The number of piperazine rings is 1. The van der Waals surface area contributed by atoms with Crippen molar-refractivity contribution < 1.29 is 27.4 Å². The van der Waals surface area contributed by atoms with Crippen molar-refractivity contribution in [3.05, 3.63) is 23.8 Å². The molecule has 1 aliphatic rings. The normalized spacial score (nSPS) is 18.5. The van der Waals surface area contributed by atoms with Gasteiger partial charge in [0.15, 0.2) is 11.5 Å². The average molecular weight is 308 g/mol. The van der Waals surface area contributed by atoms with Gasteiger partial charge in [0.2, 0.25) is 0 Å². The lowest BCUT2D eigenvalue weighted by molar-refractivity contribution is -0.275. The standard InChI is InChI=1S/C13H16F4N2O2/c14-8-10(19-6-4-18-5-7-19)9-2-1-3-11(12(9)20)21-13(15,16)17/h1-3,10,18,20H,4-8H2/t10-/m1/s1. The number of aromatic hydroxyl groups is 1. The smallest absolute Gasteiger partial charge is 0.504 e. The molecule has 0 radical (unpaired) electrons. The minimum atomic E-state index is -4.91. The summed E-state index contributed by atoms with van der Waals surface area (Å²) >= 11 is 0. The van der Waals surface area contributed by atoms with Gasteiger partial charge in [-0.3, -0.25) is 4.90 Å². The molecule has 1 aromatic carbocycles. The second-order valence-corrected chi connectivity index (χ2v) is 4.70. The lowest BCUT2D eigenvalue weighted by Gasteiger charge is -2.34. The number of rotatable bonds is 4. The molecule has 118 valence electrons. The van der Waals surface area contributed by atoms with Crippen molar-refractivity contribution in [3.63, 3.8) is 0 Å². The van der Waals surface area contributed by atoms with E-state index in [0.29, 0.717) is 26.2 Å². The summed E-state index contributed by atoms with van der Waals surface area (Å²) in [5.41, 5.74) is 0.0983. The van der Waals surface area contributed by atoms with E-state index in [1.54, 1.807) is 4.90 Å². The fourth-order valence-corrected chi connectivity index (χ4v) is 2.39. The third kappa shape index (κ3) is 3.98. The molecule has 0 spiro atoms. The molecule has 1 aliphatic heterocycles. The van der Waals surface area contributed by atoms with Crippen LogP contribution in [-0.4, -0.2) is 49.2 Å². The van der Waals surface area contributed by atoms with Crippen molar-refractivity contribution in [2.75, 3.05) is 32.9 Å². The molecule has 21 heavy (non-hydrogen) atoms. The van der Waals surface area contributed by atoms with Crippen LogP contribution in [0, 0.1) is 0 Å². The highest BCUT2D eigenvalue weighted by Crippen LogP contribution is 2.38. The first kappa shape index (κ1) is 15.8. The van der Waals surface area contributed by atoms with E-state index in [-0.39, 0.29) is 5.56 Å². The molecule has 1 saturated heterocycles. The fraction of sp³-hybridized carbons (Fsp3) is 0.538. The zero-order chi connectivity index (χ0) is 15.5. The Hall–Kier alpha value is -1.54. The van der Waals surface area contributed by atoms with Crippen molar-refractivity contribution in [3.8, 4) is 11.5 Å². The lowest BCUT2D eigenvalue weighted by Crippen LogP contribution is -2.45. The highest BCUT2D eigenvalue weighted by atomic mass is 19.4. The van der Waals surface area contributed by atoms with Gasteiger partial charge in [0.1, 0.15) is 6.67 Å². The van der Waals surface area contributed by atoms with Crippen molar-refractivity contribution in [1.82, 2.24) is 10.2 Å². The Balaban J connectivity index is 2.26. The number of phenols is 1. The number of alkyl halides is 4. The van der Waals surface area contributed by atoms with Crippen LogP contribution in [-0.2, 0) is 0 Å². The van der Waals surface area contributed by atoms with E-state index in [1.807, 2.05) is 0 Å². The summed E-state index contributed by atoms with van der Waals surface area (Å²) in [7, 11) is 0. The predicted octanol–water partition coefficient (Wildman–Crippen LogP) is 2.21. The zero-order valence-corrected chi connectivity index (χ0v) is 11.2. The van der Waals surface area contributed by atoms with Crippen molar-refractivity contribution in [2.45, 2.75) is 12.4 Å². The molecule has 1 fully saturated rings. The Morgan fingerprint density at radius 3 is 2.52 bits per heavy atom. The lowest BCUT2D eigenvalue weighted by atomic mass is 10.0. The molecule has 0 amide bonds. The van der Waals surface area contributed by atoms with Gasteiger partial charge in [-0.15, -0.1) is 13.2 Å². The summed E-state index contributed by atoms with van der Waals surface area (Å²) < 4.78 is 53.9. The Morgan fingerprint density at radius 2 is 1.95 bits per heavy atom. The van der Waals surface area contributed by atoms with Crippen LogP contribution < -0.4 is 10.1 Å². The molecule has 0 bridgehead atoms. The predicted molar refractivity (Wildman–Crippen MR) is 67.9 cm³/mol. The van der Waals surface area contributed by atoms with E-state index in [4.69, 9.17) is 0 Å². The van der Waals surface area contributed by atoms with Crippen LogP contribution in [0.25, 0.3) is 0 Å². The first-order valence-electron chi connectivity index (χ1n) is 6.50. The fourth-order valence-electron chi connectivity index (χ4n) is 2.39. The largest absolute Gasteiger partial charge is 0.573 e. The number of nitrogens with zero attached hydrogens (tertiary/aromatic N) is 1. The Morgan fingerprint density at radius 1 is 1.29 bits per heavy atom. The number of nitrogens with one attached hydrogen (secondary N) is 1.